The maximum Gasteiger partial charge on any atom is 0.311 e. The quantitative estimate of drug-likeness (QED) is 0.639. The second-order valence-electron chi connectivity index (χ2n) is 5.37. The number of esters is 1. The molecule has 134 valence electrons. The molecule has 0 bridgehead atoms. The van der Waals surface area contributed by atoms with E-state index >= 15 is 0 Å². The minimum absolute atomic E-state index is 0.0769. The number of nitrogens with zero attached hydrogens (tertiary/aromatic N) is 4. The Labute approximate surface area is 153 Å². The largest absolute Gasteiger partial charge is 0.466 e. The molecule has 9 heteroatoms. The summed E-state index contributed by atoms with van der Waals surface area (Å²) < 4.78 is 6.47. The molecule has 0 radical (unpaired) electrons. The Morgan fingerprint density at radius 3 is 2.85 bits per heavy atom. The van der Waals surface area contributed by atoms with Crippen molar-refractivity contribution < 1.29 is 14.3 Å². The Kier molecular flexibility index (Phi) is 5.69. The van der Waals surface area contributed by atoms with Crippen molar-refractivity contribution in [3.05, 3.63) is 58.9 Å². The van der Waals surface area contributed by atoms with Crippen molar-refractivity contribution in [2.24, 2.45) is 0 Å². The fourth-order valence-corrected chi connectivity index (χ4v) is 2.92. The summed E-state index contributed by atoms with van der Waals surface area (Å²) in [5.41, 5.74) is 1.81. The summed E-state index contributed by atoms with van der Waals surface area (Å²) in [6.07, 6.45) is 1.66. The molecular formula is C17H17N5O3S. The first-order valence-corrected chi connectivity index (χ1v) is 8.87. The molecule has 0 aliphatic heterocycles. The van der Waals surface area contributed by atoms with Crippen LogP contribution in [0.4, 0.5) is 5.13 Å². The zero-order chi connectivity index (χ0) is 18.4. The van der Waals surface area contributed by atoms with Crippen molar-refractivity contribution in [2.75, 3.05) is 11.9 Å². The summed E-state index contributed by atoms with van der Waals surface area (Å²) in [5, 5.41) is 12.6. The molecule has 2 aromatic heterocycles. The molecule has 0 aliphatic carbocycles. The van der Waals surface area contributed by atoms with Crippen LogP contribution in [0.25, 0.3) is 0 Å². The normalized spacial score (nSPS) is 10.5. The van der Waals surface area contributed by atoms with Gasteiger partial charge in [-0.15, -0.1) is 16.4 Å². The number of hydrogen-bond donors (Lipinski definition) is 1. The fourth-order valence-electron chi connectivity index (χ4n) is 2.22. The van der Waals surface area contributed by atoms with E-state index in [0.717, 1.165) is 5.56 Å². The van der Waals surface area contributed by atoms with Gasteiger partial charge in [-0.2, -0.15) is 0 Å². The number of benzene rings is 1. The summed E-state index contributed by atoms with van der Waals surface area (Å²) >= 11 is 1.24. The first-order chi connectivity index (χ1) is 12.6. The number of thiazole rings is 1. The van der Waals surface area contributed by atoms with Gasteiger partial charge < -0.3 is 4.74 Å². The zero-order valence-corrected chi connectivity index (χ0v) is 14.9. The average molecular weight is 371 g/mol. The van der Waals surface area contributed by atoms with E-state index < -0.39 is 5.91 Å². The van der Waals surface area contributed by atoms with Crippen LogP contribution in [0.3, 0.4) is 0 Å². The number of carbonyl (C=O) groups is 2. The third kappa shape index (κ3) is 4.73. The molecule has 3 aromatic rings. The number of amides is 1. The zero-order valence-electron chi connectivity index (χ0n) is 14.1. The Bertz CT molecular complexity index is 891. The van der Waals surface area contributed by atoms with Crippen LogP contribution in [-0.2, 0) is 22.5 Å². The van der Waals surface area contributed by atoms with Crippen molar-refractivity contribution in [1.82, 2.24) is 20.0 Å². The minimum Gasteiger partial charge on any atom is -0.466 e. The maximum atomic E-state index is 12.3. The van der Waals surface area contributed by atoms with Gasteiger partial charge in [0.25, 0.3) is 5.91 Å². The van der Waals surface area contributed by atoms with Gasteiger partial charge in [0.1, 0.15) is 0 Å². The first-order valence-electron chi connectivity index (χ1n) is 7.99. The summed E-state index contributed by atoms with van der Waals surface area (Å²) in [7, 11) is 0. The summed E-state index contributed by atoms with van der Waals surface area (Å²) in [6.45, 7) is 2.60. The summed E-state index contributed by atoms with van der Waals surface area (Å²) in [6, 6.07) is 9.77. The lowest BCUT2D eigenvalue weighted by atomic mass is 10.2. The Morgan fingerprint density at radius 1 is 1.27 bits per heavy atom. The number of carbonyl (C=O) groups excluding carboxylic acids is 2. The second-order valence-corrected chi connectivity index (χ2v) is 6.22. The highest BCUT2D eigenvalue weighted by Gasteiger charge is 2.14. The van der Waals surface area contributed by atoms with Crippen LogP contribution in [0.5, 0.6) is 0 Å². The molecule has 0 aliphatic rings. The average Bonchev–Trinajstić information content (AvgIpc) is 3.26. The molecule has 8 nitrogen and oxygen atoms in total. The maximum absolute atomic E-state index is 12.3. The number of nitrogens with one attached hydrogen (secondary N) is 1. The SMILES string of the molecule is CCOC(=O)Cc1csc(NC(=O)c2cn(Cc3ccccc3)nn2)n1. The van der Waals surface area contributed by atoms with Gasteiger partial charge in [0.05, 0.1) is 31.5 Å². The van der Waals surface area contributed by atoms with Gasteiger partial charge in [0, 0.05) is 5.38 Å². The van der Waals surface area contributed by atoms with Crippen LogP contribution in [-0.4, -0.2) is 38.5 Å². The Hall–Kier alpha value is -3.07. The van der Waals surface area contributed by atoms with E-state index in [0.29, 0.717) is 24.0 Å². The lowest BCUT2D eigenvalue weighted by Gasteiger charge is -2.00. The highest BCUT2D eigenvalue weighted by molar-refractivity contribution is 7.14. The summed E-state index contributed by atoms with van der Waals surface area (Å²) in [5.74, 6) is -0.749. The number of rotatable bonds is 7. The van der Waals surface area contributed by atoms with E-state index in [1.807, 2.05) is 30.3 Å². The molecule has 0 saturated carbocycles. The minimum atomic E-state index is -0.402. The van der Waals surface area contributed by atoms with E-state index in [1.165, 1.54) is 11.3 Å². The lowest BCUT2D eigenvalue weighted by Crippen LogP contribution is -2.13. The predicted molar refractivity (Wildman–Crippen MR) is 96.0 cm³/mol. The molecule has 3 rings (SSSR count). The van der Waals surface area contributed by atoms with E-state index in [-0.39, 0.29) is 18.1 Å². The predicted octanol–water partition coefficient (Wildman–Crippen LogP) is 2.14. The van der Waals surface area contributed by atoms with Gasteiger partial charge in [-0.1, -0.05) is 35.5 Å². The molecule has 1 N–H and O–H groups in total. The highest BCUT2D eigenvalue weighted by Crippen LogP contribution is 2.17. The van der Waals surface area contributed by atoms with Crippen LogP contribution in [0.2, 0.25) is 0 Å². The van der Waals surface area contributed by atoms with Gasteiger partial charge in [-0.3, -0.25) is 14.9 Å². The Balaban J connectivity index is 1.58. The van der Waals surface area contributed by atoms with E-state index in [4.69, 9.17) is 4.74 Å². The van der Waals surface area contributed by atoms with Crippen LogP contribution in [0.15, 0.2) is 41.9 Å². The van der Waals surface area contributed by atoms with Crippen molar-refractivity contribution in [3.63, 3.8) is 0 Å². The number of anilines is 1. The molecule has 0 unspecified atom stereocenters. The topological polar surface area (TPSA) is 99.0 Å². The molecule has 26 heavy (non-hydrogen) atoms. The van der Waals surface area contributed by atoms with Crippen LogP contribution >= 0.6 is 11.3 Å². The van der Waals surface area contributed by atoms with Gasteiger partial charge in [-0.25, -0.2) is 9.67 Å². The Morgan fingerprint density at radius 2 is 2.08 bits per heavy atom. The standard InChI is InChI=1S/C17H17N5O3S/c1-2-25-15(23)8-13-11-26-17(18-13)19-16(24)14-10-22(21-20-14)9-12-6-4-3-5-7-12/h3-7,10-11H,2,8-9H2,1H3,(H,18,19,24). The molecule has 0 atom stereocenters. The number of aromatic nitrogens is 4. The van der Waals surface area contributed by atoms with Crippen LogP contribution in [0, 0.1) is 0 Å². The lowest BCUT2D eigenvalue weighted by molar-refractivity contribution is -0.142. The first kappa shape index (κ1) is 17.7. The van der Waals surface area contributed by atoms with Crippen molar-refractivity contribution in [2.45, 2.75) is 19.9 Å². The second kappa shape index (κ2) is 8.34. The van der Waals surface area contributed by atoms with Gasteiger partial charge >= 0.3 is 5.97 Å². The molecular weight excluding hydrogens is 354 g/mol. The van der Waals surface area contributed by atoms with Crippen molar-refractivity contribution in [1.29, 1.82) is 0 Å². The molecule has 0 spiro atoms. The van der Waals surface area contributed by atoms with Crippen LogP contribution in [0.1, 0.15) is 28.7 Å². The van der Waals surface area contributed by atoms with E-state index in [2.05, 4.69) is 20.6 Å². The fraction of sp³-hybridized carbons (Fsp3) is 0.235. The van der Waals surface area contributed by atoms with Crippen molar-refractivity contribution >= 4 is 28.3 Å². The molecule has 0 fully saturated rings. The molecule has 2 heterocycles. The van der Waals surface area contributed by atoms with E-state index in [9.17, 15) is 9.59 Å². The van der Waals surface area contributed by atoms with Crippen LogP contribution < -0.4 is 5.32 Å². The van der Waals surface area contributed by atoms with Crippen molar-refractivity contribution in [3.8, 4) is 0 Å². The molecule has 1 aromatic carbocycles. The van der Waals surface area contributed by atoms with Gasteiger partial charge in [0.15, 0.2) is 10.8 Å². The number of hydrogen-bond acceptors (Lipinski definition) is 7. The highest BCUT2D eigenvalue weighted by atomic mass is 32.1. The molecule has 1 amide bonds. The van der Waals surface area contributed by atoms with E-state index in [1.54, 1.807) is 23.2 Å². The van der Waals surface area contributed by atoms with Gasteiger partial charge in [0.2, 0.25) is 0 Å². The third-order valence-corrected chi connectivity index (χ3v) is 4.17. The molecule has 0 saturated heterocycles. The monoisotopic (exact) mass is 371 g/mol. The third-order valence-electron chi connectivity index (χ3n) is 3.36. The van der Waals surface area contributed by atoms with Gasteiger partial charge in [-0.05, 0) is 12.5 Å². The summed E-state index contributed by atoms with van der Waals surface area (Å²) in [4.78, 5) is 27.9. The number of ether oxygens (including phenoxy) is 1. The smallest absolute Gasteiger partial charge is 0.311 e.